The molecule has 0 fully saturated rings. The predicted octanol–water partition coefficient (Wildman–Crippen LogP) is 1.15. The molecule has 0 spiro atoms. The summed E-state index contributed by atoms with van der Waals surface area (Å²) in [5.41, 5.74) is 0.255. The lowest BCUT2D eigenvalue weighted by molar-refractivity contribution is -0.403. The zero-order valence-corrected chi connectivity index (χ0v) is 5.96. The van der Waals surface area contributed by atoms with E-state index >= 15 is 0 Å². The quantitative estimate of drug-likeness (QED) is 0.338. The maximum absolute atomic E-state index is 10.5. The maximum atomic E-state index is 10.5. The molecule has 0 aromatic rings. The Bertz CT molecular complexity index is 183. The summed E-state index contributed by atoms with van der Waals surface area (Å²) in [6, 6.07) is 0. The molecule has 4 heteroatoms. The van der Waals surface area contributed by atoms with E-state index in [1.807, 2.05) is 0 Å². The fourth-order valence-corrected chi connectivity index (χ4v) is 0.558. The third-order valence-electron chi connectivity index (χ3n) is 1.09. The van der Waals surface area contributed by atoms with E-state index in [2.05, 4.69) is 0 Å². The molecule has 56 valence electrons. The average molecular weight is 143 g/mol. The zero-order chi connectivity index (χ0) is 8.15. The molecule has 0 rings (SSSR count). The second-order valence-electron chi connectivity index (χ2n) is 1.85. The van der Waals surface area contributed by atoms with E-state index in [0.717, 1.165) is 6.20 Å². The molecule has 0 saturated heterocycles. The molecule has 10 heavy (non-hydrogen) atoms. The third kappa shape index (κ3) is 2.96. The van der Waals surface area contributed by atoms with Gasteiger partial charge in [0.1, 0.15) is 0 Å². The van der Waals surface area contributed by atoms with Crippen molar-refractivity contribution in [3.8, 4) is 0 Å². The molecule has 0 aliphatic carbocycles. The molecule has 0 radical (unpaired) electrons. The lowest BCUT2D eigenvalue weighted by atomic mass is 10.1. The molecule has 0 saturated carbocycles. The van der Waals surface area contributed by atoms with Gasteiger partial charge in [-0.05, 0) is 13.3 Å². The van der Waals surface area contributed by atoms with Crippen LogP contribution >= 0.6 is 0 Å². The van der Waals surface area contributed by atoms with Gasteiger partial charge in [-0.3, -0.25) is 14.9 Å². The molecular weight excluding hydrogens is 134 g/mol. The average Bonchev–Trinajstić information content (AvgIpc) is 1.81. The first kappa shape index (κ1) is 8.81. The molecule has 0 bridgehead atoms. The molecule has 0 amide bonds. The van der Waals surface area contributed by atoms with Crippen LogP contribution in [0.3, 0.4) is 0 Å². The minimum Gasteiger partial charge on any atom is -0.295 e. The topological polar surface area (TPSA) is 60.2 Å². The van der Waals surface area contributed by atoms with Gasteiger partial charge in [0.05, 0.1) is 10.5 Å². The van der Waals surface area contributed by atoms with Crippen molar-refractivity contribution in [1.82, 2.24) is 0 Å². The van der Waals surface area contributed by atoms with Crippen LogP contribution in [0.2, 0.25) is 0 Å². The number of hydrogen-bond acceptors (Lipinski definition) is 3. The largest absolute Gasteiger partial charge is 0.295 e. The molecule has 0 aromatic carbocycles. The van der Waals surface area contributed by atoms with Gasteiger partial charge < -0.3 is 0 Å². The summed E-state index contributed by atoms with van der Waals surface area (Å²) in [6.07, 6.45) is 1.17. The van der Waals surface area contributed by atoms with Crippen molar-refractivity contribution in [2.24, 2.45) is 0 Å². The number of Topliss-reactive ketones (excluding diaryl/α,β-unsaturated/α-hetero) is 1. The molecule has 0 N–H and O–H groups in total. The highest BCUT2D eigenvalue weighted by Crippen LogP contribution is 2.00. The van der Waals surface area contributed by atoms with Gasteiger partial charge in [-0.15, -0.1) is 0 Å². The number of allylic oxidation sites excluding steroid dienone is 1. The summed E-state index contributed by atoms with van der Waals surface area (Å²) in [4.78, 5) is 19.8. The third-order valence-corrected chi connectivity index (χ3v) is 1.09. The minimum atomic E-state index is -0.611. The van der Waals surface area contributed by atoms with Crippen LogP contribution in [0.15, 0.2) is 11.8 Å². The number of ketones is 1. The second kappa shape index (κ2) is 3.76. The van der Waals surface area contributed by atoms with Gasteiger partial charge in [-0.2, -0.15) is 0 Å². The number of nitro groups is 1. The molecule has 4 nitrogen and oxygen atoms in total. The highest BCUT2D eigenvalue weighted by molar-refractivity contribution is 5.92. The van der Waals surface area contributed by atoms with Crippen molar-refractivity contribution in [2.75, 3.05) is 0 Å². The van der Waals surface area contributed by atoms with Gasteiger partial charge in [0.15, 0.2) is 5.78 Å². The normalized spacial score (nSPS) is 11.2. The van der Waals surface area contributed by atoms with Crippen LogP contribution in [0.25, 0.3) is 0 Å². The Morgan fingerprint density at radius 2 is 2.20 bits per heavy atom. The molecule has 0 atom stereocenters. The Hall–Kier alpha value is -1.19. The Balaban J connectivity index is 4.34. The predicted molar refractivity (Wildman–Crippen MR) is 36.0 cm³/mol. The Labute approximate surface area is 58.7 Å². The van der Waals surface area contributed by atoms with Crippen LogP contribution in [0.5, 0.6) is 0 Å². The lowest BCUT2D eigenvalue weighted by Crippen LogP contribution is -1.98. The van der Waals surface area contributed by atoms with Crippen LogP contribution in [0.4, 0.5) is 0 Å². The van der Waals surface area contributed by atoms with Crippen molar-refractivity contribution in [3.63, 3.8) is 0 Å². The standard InChI is InChI=1S/C6H9NO3/c1-3-6(5(2)8)4-7(9)10/h4H,3H2,1-2H3. The summed E-state index contributed by atoms with van der Waals surface area (Å²) in [7, 11) is 0. The van der Waals surface area contributed by atoms with E-state index in [9.17, 15) is 14.9 Å². The summed E-state index contributed by atoms with van der Waals surface area (Å²) in [6.45, 7) is 3.02. The SMILES string of the molecule is CCC(=C[N+](=O)[O-])C(C)=O. The van der Waals surface area contributed by atoms with Crippen LogP contribution in [-0.4, -0.2) is 10.7 Å². The van der Waals surface area contributed by atoms with Crippen molar-refractivity contribution in [3.05, 3.63) is 21.9 Å². The highest BCUT2D eigenvalue weighted by Gasteiger charge is 2.04. The Kier molecular flexibility index (Phi) is 3.32. The Morgan fingerprint density at radius 1 is 1.70 bits per heavy atom. The molecule has 0 aliphatic rings. The van der Waals surface area contributed by atoms with Gasteiger partial charge in [0.25, 0.3) is 0 Å². The first-order valence-corrected chi connectivity index (χ1v) is 2.93. The van der Waals surface area contributed by atoms with Crippen LogP contribution < -0.4 is 0 Å². The number of carbonyl (C=O) groups excluding carboxylic acids is 1. The van der Waals surface area contributed by atoms with Crippen molar-refractivity contribution < 1.29 is 9.72 Å². The molecule has 0 heterocycles. The number of nitrogens with zero attached hydrogens (tertiary/aromatic N) is 1. The van der Waals surface area contributed by atoms with E-state index < -0.39 is 4.92 Å². The summed E-state index contributed by atoms with van der Waals surface area (Å²) in [5.74, 6) is -0.237. The molecule has 0 unspecified atom stereocenters. The van der Waals surface area contributed by atoms with E-state index in [0.29, 0.717) is 6.42 Å². The van der Waals surface area contributed by atoms with Gasteiger partial charge in [0, 0.05) is 0 Å². The van der Waals surface area contributed by atoms with E-state index in [1.165, 1.54) is 6.92 Å². The summed E-state index contributed by atoms with van der Waals surface area (Å²) < 4.78 is 0. The maximum Gasteiger partial charge on any atom is 0.241 e. The lowest BCUT2D eigenvalue weighted by Gasteiger charge is -1.91. The fraction of sp³-hybridized carbons (Fsp3) is 0.500. The fourth-order valence-electron chi connectivity index (χ4n) is 0.558. The van der Waals surface area contributed by atoms with E-state index in [-0.39, 0.29) is 11.4 Å². The monoisotopic (exact) mass is 143 g/mol. The van der Waals surface area contributed by atoms with Gasteiger partial charge in [0.2, 0.25) is 6.20 Å². The second-order valence-corrected chi connectivity index (χ2v) is 1.85. The number of hydrogen-bond donors (Lipinski definition) is 0. The highest BCUT2D eigenvalue weighted by atomic mass is 16.6. The van der Waals surface area contributed by atoms with Gasteiger partial charge >= 0.3 is 0 Å². The van der Waals surface area contributed by atoms with Crippen LogP contribution in [-0.2, 0) is 4.79 Å². The number of rotatable bonds is 3. The van der Waals surface area contributed by atoms with Crippen molar-refractivity contribution in [1.29, 1.82) is 0 Å². The van der Waals surface area contributed by atoms with Crippen LogP contribution in [0, 0.1) is 10.1 Å². The molecule has 0 aromatic heterocycles. The van der Waals surface area contributed by atoms with E-state index in [1.54, 1.807) is 6.92 Å². The van der Waals surface area contributed by atoms with Gasteiger partial charge in [-0.25, -0.2) is 0 Å². The summed E-state index contributed by atoms with van der Waals surface area (Å²) >= 11 is 0. The summed E-state index contributed by atoms with van der Waals surface area (Å²) in [5, 5.41) is 9.85. The van der Waals surface area contributed by atoms with Crippen LogP contribution in [0.1, 0.15) is 20.3 Å². The molecule has 0 aliphatic heterocycles. The number of carbonyl (C=O) groups is 1. The smallest absolute Gasteiger partial charge is 0.241 e. The molecular formula is C6H9NO3. The van der Waals surface area contributed by atoms with Gasteiger partial charge in [-0.1, -0.05) is 6.92 Å². The first-order valence-electron chi connectivity index (χ1n) is 2.93. The van der Waals surface area contributed by atoms with Crippen molar-refractivity contribution >= 4 is 5.78 Å². The Morgan fingerprint density at radius 3 is 2.30 bits per heavy atom. The van der Waals surface area contributed by atoms with Crippen molar-refractivity contribution in [2.45, 2.75) is 20.3 Å². The minimum absolute atomic E-state index is 0.237. The van der Waals surface area contributed by atoms with E-state index in [4.69, 9.17) is 0 Å². The first-order chi connectivity index (χ1) is 4.57. The zero-order valence-electron chi connectivity index (χ0n) is 5.96.